The second-order valence-corrected chi connectivity index (χ2v) is 8.40. The van der Waals surface area contributed by atoms with Gasteiger partial charge in [0.05, 0.1) is 13.2 Å². The summed E-state index contributed by atoms with van der Waals surface area (Å²) in [6.45, 7) is 8.72. The van der Waals surface area contributed by atoms with Crippen LogP contribution in [0.1, 0.15) is 17.5 Å². The van der Waals surface area contributed by atoms with Gasteiger partial charge in [-0.15, -0.1) is 0 Å². The molecule has 4 nitrogen and oxygen atoms in total. The number of rotatable bonds is 7. The molecule has 0 spiro atoms. The van der Waals surface area contributed by atoms with Crippen LogP contribution in [0.15, 0.2) is 53.0 Å². The van der Waals surface area contributed by atoms with E-state index in [9.17, 15) is 0 Å². The van der Waals surface area contributed by atoms with Crippen LogP contribution in [0, 0.1) is 6.92 Å². The third kappa shape index (κ3) is 6.55. The zero-order valence-corrected chi connectivity index (χ0v) is 18.8. The number of nitrogens with zero attached hydrogens (tertiary/aromatic N) is 2. The summed E-state index contributed by atoms with van der Waals surface area (Å²) in [5.74, 6) is 0. The average Bonchev–Trinajstić information content (AvgIpc) is 2.71. The molecule has 3 rings (SSSR count). The second kappa shape index (κ2) is 10.9. The Morgan fingerprint density at radius 3 is 2.57 bits per heavy atom. The van der Waals surface area contributed by atoms with Gasteiger partial charge in [-0.1, -0.05) is 40.2 Å². The number of anilines is 1. The monoisotopic (exact) mass is 461 g/mol. The topological polar surface area (TPSA) is 27.7 Å². The molecular formula is C22H28BrN3OS. The molecule has 0 aromatic heterocycles. The summed E-state index contributed by atoms with van der Waals surface area (Å²) in [4.78, 5) is 4.75. The molecule has 150 valence electrons. The van der Waals surface area contributed by atoms with Crippen LogP contribution in [-0.2, 0) is 11.3 Å². The molecule has 1 aliphatic rings. The van der Waals surface area contributed by atoms with Crippen molar-refractivity contribution in [3.05, 3.63) is 64.1 Å². The zero-order valence-electron chi connectivity index (χ0n) is 16.4. The molecule has 1 aliphatic heterocycles. The fraction of sp³-hybridized carbons (Fsp3) is 0.409. The van der Waals surface area contributed by atoms with Gasteiger partial charge in [0.15, 0.2) is 5.11 Å². The quantitative estimate of drug-likeness (QED) is 0.604. The van der Waals surface area contributed by atoms with Crippen molar-refractivity contribution in [3.63, 3.8) is 0 Å². The van der Waals surface area contributed by atoms with E-state index in [1.54, 1.807) is 0 Å². The summed E-state index contributed by atoms with van der Waals surface area (Å²) in [6.07, 6.45) is 1.08. The molecule has 2 aromatic rings. The van der Waals surface area contributed by atoms with Gasteiger partial charge >= 0.3 is 0 Å². The van der Waals surface area contributed by atoms with Gasteiger partial charge in [-0.3, -0.25) is 4.90 Å². The van der Waals surface area contributed by atoms with Crippen LogP contribution in [0.3, 0.4) is 0 Å². The van der Waals surface area contributed by atoms with E-state index in [0.29, 0.717) is 0 Å². The number of nitrogens with one attached hydrogen (secondary N) is 1. The highest BCUT2D eigenvalue weighted by atomic mass is 79.9. The highest BCUT2D eigenvalue weighted by Gasteiger charge is 2.14. The first-order valence-electron chi connectivity index (χ1n) is 9.78. The van der Waals surface area contributed by atoms with Crippen molar-refractivity contribution in [3.8, 4) is 0 Å². The van der Waals surface area contributed by atoms with Crippen molar-refractivity contribution in [2.45, 2.75) is 19.9 Å². The lowest BCUT2D eigenvalue weighted by Gasteiger charge is -2.30. The minimum atomic E-state index is 0.771. The Bertz CT molecular complexity index is 763. The van der Waals surface area contributed by atoms with Crippen LogP contribution in [0.2, 0.25) is 0 Å². The molecule has 1 fully saturated rings. The van der Waals surface area contributed by atoms with Gasteiger partial charge in [-0.25, -0.2) is 0 Å². The molecule has 1 N–H and O–H groups in total. The number of hydrogen-bond donors (Lipinski definition) is 1. The van der Waals surface area contributed by atoms with Crippen LogP contribution >= 0.6 is 28.1 Å². The van der Waals surface area contributed by atoms with Crippen LogP contribution in [-0.4, -0.2) is 54.3 Å². The van der Waals surface area contributed by atoms with Gasteiger partial charge in [0, 0.05) is 42.9 Å². The van der Waals surface area contributed by atoms with Crippen LogP contribution in [0.4, 0.5) is 5.69 Å². The summed E-state index contributed by atoms with van der Waals surface area (Å²) in [5.41, 5.74) is 3.62. The third-order valence-corrected chi connectivity index (χ3v) is 5.90. The maximum Gasteiger partial charge on any atom is 0.173 e. The first-order valence-corrected chi connectivity index (χ1v) is 11.0. The molecule has 28 heavy (non-hydrogen) atoms. The predicted molar refractivity (Wildman–Crippen MR) is 124 cm³/mol. The van der Waals surface area contributed by atoms with Gasteiger partial charge in [-0.2, -0.15) is 0 Å². The lowest BCUT2D eigenvalue weighted by molar-refractivity contribution is 0.0368. The Hall–Kier alpha value is -1.47. The molecule has 0 unspecified atom stereocenters. The van der Waals surface area contributed by atoms with Crippen LogP contribution in [0.25, 0.3) is 0 Å². The molecule has 0 amide bonds. The third-order valence-electron chi connectivity index (χ3n) is 5.01. The molecule has 0 saturated carbocycles. The molecule has 0 atom stereocenters. The number of halogens is 1. The van der Waals surface area contributed by atoms with Gasteiger partial charge in [0.2, 0.25) is 0 Å². The van der Waals surface area contributed by atoms with E-state index in [4.69, 9.17) is 17.0 Å². The predicted octanol–water partition coefficient (Wildman–Crippen LogP) is 4.68. The van der Waals surface area contributed by atoms with E-state index in [1.165, 1.54) is 11.1 Å². The van der Waals surface area contributed by atoms with Crippen molar-refractivity contribution in [1.82, 2.24) is 9.80 Å². The fourth-order valence-electron chi connectivity index (χ4n) is 3.29. The minimum absolute atomic E-state index is 0.771. The molecule has 0 aliphatic carbocycles. The Morgan fingerprint density at radius 1 is 1.14 bits per heavy atom. The van der Waals surface area contributed by atoms with Crippen molar-refractivity contribution in [2.75, 3.05) is 44.7 Å². The summed E-state index contributed by atoms with van der Waals surface area (Å²) >= 11 is 9.25. The van der Waals surface area contributed by atoms with Crippen molar-refractivity contribution < 1.29 is 4.74 Å². The molecule has 2 aromatic carbocycles. The van der Waals surface area contributed by atoms with E-state index in [2.05, 4.69) is 62.2 Å². The number of ether oxygens (including phenoxy) is 1. The number of hydrogen-bond acceptors (Lipinski definition) is 3. The largest absolute Gasteiger partial charge is 0.379 e. The molecule has 0 bridgehead atoms. The Labute approximate surface area is 182 Å². The molecule has 6 heteroatoms. The summed E-state index contributed by atoms with van der Waals surface area (Å²) < 4.78 is 6.51. The fourth-order valence-corrected chi connectivity index (χ4v) is 3.83. The summed E-state index contributed by atoms with van der Waals surface area (Å²) in [6, 6.07) is 16.6. The molecule has 1 saturated heterocycles. The SMILES string of the molecule is Cc1ccccc1CN(CCCN1CCOCC1)C(=S)Nc1ccc(Br)cc1. The first-order chi connectivity index (χ1) is 13.6. The first kappa shape index (κ1) is 21.2. The highest BCUT2D eigenvalue weighted by molar-refractivity contribution is 9.10. The number of morpholine rings is 1. The maximum atomic E-state index is 5.77. The van der Waals surface area contributed by atoms with E-state index in [0.717, 1.165) is 67.6 Å². The lowest BCUT2D eigenvalue weighted by atomic mass is 10.1. The van der Waals surface area contributed by atoms with Gasteiger partial charge < -0.3 is 15.0 Å². The molecule has 0 radical (unpaired) electrons. The van der Waals surface area contributed by atoms with Gasteiger partial charge in [0.1, 0.15) is 0 Å². The Morgan fingerprint density at radius 2 is 1.86 bits per heavy atom. The van der Waals surface area contributed by atoms with Gasteiger partial charge in [0.25, 0.3) is 0 Å². The smallest absolute Gasteiger partial charge is 0.173 e. The standard InChI is InChI=1S/C22H28BrN3OS/c1-18-5-2-3-6-19(18)17-26(12-4-11-25-13-15-27-16-14-25)22(28)24-21-9-7-20(23)8-10-21/h2-3,5-10H,4,11-17H2,1H3,(H,24,28). The average molecular weight is 462 g/mol. The van der Waals surface area contributed by atoms with E-state index in [-0.39, 0.29) is 0 Å². The van der Waals surface area contributed by atoms with E-state index in [1.807, 2.05) is 24.3 Å². The zero-order chi connectivity index (χ0) is 19.8. The molecule has 1 heterocycles. The lowest BCUT2D eigenvalue weighted by Crippen LogP contribution is -2.40. The van der Waals surface area contributed by atoms with Crippen LogP contribution in [0.5, 0.6) is 0 Å². The minimum Gasteiger partial charge on any atom is -0.379 e. The summed E-state index contributed by atoms with van der Waals surface area (Å²) in [5, 5.41) is 4.17. The Balaban J connectivity index is 1.63. The number of aryl methyl sites for hydroxylation is 1. The van der Waals surface area contributed by atoms with Crippen LogP contribution < -0.4 is 5.32 Å². The number of benzene rings is 2. The highest BCUT2D eigenvalue weighted by Crippen LogP contribution is 2.17. The van der Waals surface area contributed by atoms with Gasteiger partial charge in [-0.05, 0) is 61.0 Å². The Kier molecular flexibility index (Phi) is 8.27. The van der Waals surface area contributed by atoms with Crippen molar-refractivity contribution in [2.24, 2.45) is 0 Å². The number of thiocarbonyl (C=S) groups is 1. The van der Waals surface area contributed by atoms with Crippen molar-refractivity contribution >= 4 is 38.9 Å². The molecular weight excluding hydrogens is 434 g/mol. The summed E-state index contributed by atoms with van der Waals surface area (Å²) in [7, 11) is 0. The van der Waals surface area contributed by atoms with Crippen molar-refractivity contribution in [1.29, 1.82) is 0 Å². The van der Waals surface area contributed by atoms with E-state index >= 15 is 0 Å². The van der Waals surface area contributed by atoms with E-state index < -0.39 is 0 Å². The normalized spacial score (nSPS) is 14.6. The second-order valence-electron chi connectivity index (χ2n) is 7.09. The maximum absolute atomic E-state index is 5.77.